The zero-order valence-corrected chi connectivity index (χ0v) is 16.6. The highest BCUT2D eigenvalue weighted by Gasteiger charge is 2.28. The maximum Gasteiger partial charge on any atom is 0.410 e. The summed E-state index contributed by atoms with van der Waals surface area (Å²) in [4.78, 5) is 21.5. The van der Waals surface area contributed by atoms with E-state index in [0.29, 0.717) is 24.3 Å². The summed E-state index contributed by atoms with van der Waals surface area (Å²) in [5.41, 5.74) is 0.889. The van der Waals surface area contributed by atoms with Crippen molar-refractivity contribution in [2.24, 2.45) is 0 Å². The molecular weight excluding hydrogens is 373 g/mol. The average molecular weight is 396 g/mol. The van der Waals surface area contributed by atoms with E-state index in [9.17, 15) is 9.18 Å². The topological polar surface area (TPSA) is 73.1 Å². The fourth-order valence-corrected chi connectivity index (χ4v) is 3.21. The molecule has 7 nitrogen and oxygen atoms in total. The Morgan fingerprint density at radius 1 is 1.33 bits per heavy atom. The van der Waals surface area contributed by atoms with Crippen LogP contribution in [0.15, 0.2) is 12.4 Å². The van der Waals surface area contributed by atoms with Gasteiger partial charge in [-0.1, -0.05) is 0 Å². The number of aromatic nitrogens is 4. The van der Waals surface area contributed by atoms with Crippen molar-refractivity contribution in [3.8, 4) is 11.3 Å². The minimum absolute atomic E-state index is 0.00998. The first-order chi connectivity index (χ1) is 12.6. The zero-order valence-electron chi connectivity index (χ0n) is 15.9. The summed E-state index contributed by atoms with van der Waals surface area (Å²) in [5.74, 6) is -0.540. The first-order valence-electron chi connectivity index (χ1n) is 8.86. The number of carbonyl (C=O) groups excluding carboxylic acids is 1. The highest BCUT2D eigenvalue weighted by Crippen LogP contribution is 2.29. The molecule has 2 aromatic rings. The van der Waals surface area contributed by atoms with Crippen molar-refractivity contribution in [2.75, 3.05) is 13.1 Å². The Kier molecular flexibility index (Phi) is 5.37. The van der Waals surface area contributed by atoms with Crippen LogP contribution in [-0.2, 0) is 4.74 Å². The van der Waals surface area contributed by atoms with E-state index in [-0.39, 0.29) is 23.1 Å². The summed E-state index contributed by atoms with van der Waals surface area (Å²) in [7, 11) is 0. The number of likely N-dealkylation sites (tertiary alicyclic amines) is 1. The molecule has 0 atom stereocenters. The van der Waals surface area contributed by atoms with Gasteiger partial charge in [-0.3, -0.25) is 4.68 Å². The van der Waals surface area contributed by atoms with Crippen molar-refractivity contribution in [2.45, 2.75) is 52.2 Å². The van der Waals surface area contributed by atoms with Gasteiger partial charge in [-0.25, -0.2) is 19.2 Å². The SMILES string of the molecule is Cc1nn(C2CCN(C(=O)OC(C)(C)C)CC2)cc1-c1nc(Cl)ncc1F. The van der Waals surface area contributed by atoms with Gasteiger partial charge in [-0.05, 0) is 52.1 Å². The lowest BCUT2D eigenvalue weighted by Crippen LogP contribution is -2.42. The molecule has 2 aromatic heterocycles. The zero-order chi connectivity index (χ0) is 19.8. The second-order valence-corrected chi connectivity index (χ2v) is 7.98. The molecule has 0 unspecified atom stereocenters. The van der Waals surface area contributed by atoms with Crippen LogP contribution in [0.2, 0.25) is 5.28 Å². The lowest BCUT2D eigenvalue weighted by Gasteiger charge is -2.33. The number of halogens is 2. The van der Waals surface area contributed by atoms with E-state index < -0.39 is 11.4 Å². The summed E-state index contributed by atoms with van der Waals surface area (Å²) < 4.78 is 21.3. The van der Waals surface area contributed by atoms with E-state index in [1.807, 2.05) is 25.5 Å². The Hall–Kier alpha value is -2.22. The van der Waals surface area contributed by atoms with Crippen LogP contribution in [0, 0.1) is 12.7 Å². The van der Waals surface area contributed by atoms with Crippen LogP contribution in [-0.4, -0.2) is 49.4 Å². The number of hydrogen-bond acceptors (Lipinski definition) is 5. The molecule has 0 N–H and O–H groups in total. The van der Waals surface area contributed by atoms with Crippen LogP contribution < -0.4 is 0 Å². The molecule has 1 amide bonds. The average Bonchev–Trinajstić information content (AvgIpc) is 2.97. The molecule has 146 valence electrons. The lowest BCUT2D eigenvalue weighted by atomic mass is 10.1. The van der Waals surface area contributed by atoms with Gasteiger partial charge in [0.05, 0.1) is 17.9 Å². The molecule has 0 aromatic carbocycles. The molecule has 1 saturated heterocycles. The van der Waals surface area contributed by atoms with Gasteiger partial charge in [-0.15, -0.1) is 0 Å². The molecule has 0 spiro atoms. The van der Waals surface area contributed by atoms with E-state index >= 15 is 0 Å². The molecule has 3 rings (SSSR count). The molecule has 3 heterocycles. The molecule has 27 heavy (non-hydrogen) atoms. The van der Waals surface area contributed by atoms with E-state index in [0.717, 1.165) is 19.0 Å². The molecule has 0 aliphatic carbocycles. The van der Waals surface area contributed by atoms with Crippen LogP contribution >= 0.6 is 11.6 Å². The van der Waals surface area contributed by atoms with Crippen molar-refractivity contribution in [3.05, 3.63) is 29.2 Å². The summed E-state index contributed by atoms with van der Waals surface area (Å²) in [6.45, 7) is 8.53. The van der Waals surface area contributed by atoms with E-state index in [1.165, 1.54) is 0 Å². The quantitative estimate of drug-likeness (QED) is 0.718. The number of hydrogen-bond donors (Lipinski definition) is 0. The van der Waals surface area contributed by atoms with Gasteiger partial charge in [-0.2, -0.15) is 5.10 Å². The third-order valence-corrected chi connectivity index (χ3v) is 4.56. The summed E-state index contributed by atoms with van der Waals surface area (Å²) in [6.07, 6.45) is 4.03. The Morgan fingerprint density at radius 2 is 2.00 bits per heavy atom. The van der Waals surface area contributed by atoms with Gasteiger partial charge >= 0.3 is 6.09 Å². The van der Waals surface area contributed by atoms with Crippen molar-refractivity contribution in [1.82, 2.24) is 24.6 Å². The number of amides is 1. The first kappa shape index (κ1) is 19.5. The number of rotatable bonds is 2. The molecular formula is C18H23ClFN5O2. The van der Waals surface area contributed by atoms with Crippen LogP contribution in [0.25, 0.3) is 11.3 Å². The first-order valence-corrected chi connectivity index (χ1v) is 9.24. The number of nitrogens with zero attached hydrogens (tertiary/aromatic N) is 5. The highest BCUT2D eigenvalue weighted by molar-refractivity contribution is 6.28. The largest absolute Gasteiger partial charge is 0.444 e. The Labute approximate surface area is 162 Å². The third-order valence-electron chi connectivity index (χ3n) is 4.38. The number of aryl methyl sites for hydroxylation is 1. The Morgan fingerprint density at radius 3 is 2.63 bits per heavy atom. The van der Waals surface area contributed by atoms with Crippen molar-refractivity contribution < 1.29 is 13.9 Å². The third kappa shape index (κ3) is 4.55. The number of piperidine rings is 1. The lowest BCUT2D eigenvalue weighted by molar-refractivity contribution is 0.0184. The molecule has 0 radical (unpaired) electrons. The standard InChI is InChI=1S/C18H23ClFN5O2/c1-11-13(15-14(20)9-21-16(19)22-15)10-25(23-11)12-5-7-24(8-6-12)17(26)27-18(2,3)4/h9-10,12H,5-8H2,1-4H3. The molecule has 0 bridgehead atoms. The minimum atomic E-state index is -0.540. The molecule has 0 saturated carbocycles. The smallest absolute Gasteiger partial charge is 0.410 e. The predicted molar refractivity (Wildman–Crippen MR) is 99.0 cm³/mol. The van der Waals surface area contributed by atoms with Gasteiger partial charge in [0.25, 0.3) is 0 Å². The second-order valence-electron chi connectivity index (χ2n) is 7.64. The van der Waals surface area contributed by atoms with Crippen molar-refractivity contribution in [3.63, 3.8) is 0 Å². The van der Waals surface area contributed by atoms with Crippen molar-refractivity contribution >= 4 is 17.7 Å². The maximum absolute atomic E-state index is 14.1. The van der Waals surface area contributed by atoms with E-state index in [2.05, 4.69) is 15.1 Å². The highest BCUT2D eigenvalue weighted by atomic mass is 35.5. The predicted octanol–water partition coefficient (Wildman–Crippen LogP) is 4.01. The molecule has 9 heteroatoms. The van der Waals surface area contributed by atoms with Crippen LogP contribution in [0.1, 0.15) is 45.3 Å². The molecule has 1 aliphatic rings. The fraction of sp³-hybridized carbons (Fsp3) is 0.556. The normalized spacial score (nSPS) is 15.9. The fourth-order valence-electron chi connectivity index (χ4n) is 3.08. The summed E-state index contributed by atoms with van der Waals surface area (Å²) in [5, 5.41) is 4.51. The second kappa shape index (κ2) is 7.42. The number of ether oxygens (including phenoxy) is 1. The minimum Gasteiger partial charge on any atom is -0.444 e. The van der Waals surface area contributed by atoms with Gasteiger partial charge in [0.1, 0.15) is 11.3 Å². The van der Waals surface area contributed by atoms with Crippen LogP contribution in [0.3, 0.4) is 0 Å². The van der Waals surface area contributed by atoms with Gasteiger partial charge in [0, 0.05) is 24.8 Å². The van der Waals surface area contributed by atoms with E-state index in [1.54, 1.807) is 18.0 Å². The molecule has 1 aliphatic heterocycles. The Balaban J connectivity index is 1.71. The van der Waals surface area contributed by atoms with Crippen LogP contribution in [0.4, 0.5) is 9.18 Å². The van der Waals surface area contributed by atoms with Gasteiger partial charge < -0.3 is 9.64 Å². The van der Waals surface area contributed by atoms with Gasteiger partial charge in [0.2, 0.25) is 5.28 Å². The van der Waals surface area contributed by atoms with Crippen molar-refractivity contribution in [1.29, 1.82) is 0 Å². The van der Waals surface area contributed by atoms with E-state index in [4.69, 9.17) is 16.3 Å². The monoisotopic (exact) mass is 395 g/mol. The maximum atomic E-state index is 14.1. The van der Waals surface area contributed by atoms with Crippen LogP contribution in [0.5, 0.6) is 0 Å². The Bertz CT molecular complexity index is 841. The molecule has 1 fully saturated rings. The summed E-state index contributed by atoms with van der Waals surface area (Å²) in [6, 6.07) is 0.122. The number of carbonyl (C=O) groups is 1. The van der Waals surface area contributed by atoms with Gasteiger partial charge in [0.15, 0.2) is 5.82 Å². The summed E-state index contributed by atoms with van der Waals surface area (Å²) >= 11 is 5.80.